The van der Waals surface area contributed by atoms with E-state index in [-0.39, 0.29) is 18.3 Å². The van der Waals surface area contributed by atoms with Gasteiger partial charge in [-0.2, -0.15) is 4.39 Å². The number of hydrogen-bond donors (Lipinski definition) is 3. The van der Waals surface area contributed by atoms with Gasteiger partial charge in [0, 0.05) is 16.7 Å². The first-order valence-electron chi connectivity index (χ1n) is 10.3. The van der Waals surface area contributed by atoms with Crippen LogP contribution < -0.4 is 0 Å². The molecular weight excluding hydrogens is 382 g/mol. The van der Waals surface area contributed by atoms with E-state index in [1.54, 1.807) is 20.8 Å². The van der Waals surface area contributed by atoms with E-state index in [4.69, 9.17) is 0 Å². The Morgan fingerprint density at radius 1 is 1.31 bits per heavy atom. The third kappa shape index (κ3) is 2.29. The summed E-state index contributed by atoms with van der Waals surface area (Å²) in [5.74, 6) is -5.69. The summed E-state index contributed by atoms with van der Waals surface area (Å²) in [6.07, 6.45) is 1.56. The Morgan fingerprint density at radius 2 is 1.97 bits per heavy atom. The summed E-state index contributed by atoms with van der Waals surface area (Å²) >= 11 is 0. The Bertz CT molecular complexity index is 850. The fourth-order valence-corrected chi connectivity index (χ4v) is 7.48. The number of ketones is 2. The van der Waals surface area contributed by atoms with Crippen molar-refractivity contribution in [3.63, 3.8) is 0 Å². The predicted molar refractivity (Wildman–Crippen MR) is 99.7 cm³/mol. The monoisotopic (exact) mass is 410 g/mol. The molecule has 4 rings (SSSR count). The highest BCUT2D eigenvalue weighted by Crippen LogP contribution is 2.69. The second kappa shape index (κ2) is 6.28. The standard InChI is InChI=1S/C22H28F2O5/c1-10-6-13-12-5-4-11-7-14(26)18(23)19(24)21(11,3)17(12)15(27)8-20(13,2)22(10,29)16(28)9-25/h7,10,12-13,15,17,25,27,29H,4-6,8-9H2,1-3H3/t10-,12-,13-,15?,17+,20-,21-,22-/m0/s1. The van der Waals surface area contributed by atoms with Gasteiger partial charge in [-0.1, -0.05) is 19.4 Å². The van der Waals surface area contributed by atoms with Crippen LogP contribution in [-0.2, 0) is 9.59 Å². The lowest BCUT2D eigenvalue weighted by Crippen LogP contribution is -2.63. The highest BCUT2D eigenvalue weighted by Gasteiger charge is 2.71. The van der Waals surface area contributed by atoms with Gasteiger partial charge >= 0.3 is 0 Å². The smallest absolute Gasteiger partial charge is 0.216 e. The van der Waals surface area contributed by atoms with Crippen LogP contribution in [-0.4, -0.2) is 45.2 Å². The predicted octanol–water partition coefficient (Wildman–Crippen LogP) is 2.40. The van der Waals surface area contributed by atoms with Crippen LogP contribution in [0.5, 0.6) is 0 Å². The van der Waals surface area contributed by atoms with E-state index in [0.717, 1.165) is 6.08 Å². The van der Waals surface area contributed by atoms with Gasteiger partial charge < -0.3 is 15.3 Å². The van der Waals surface area contributed by atoms with Crippen LogP contribution in [0.4, 0.5) is 8.78 Å². The van der Waals surface area contributed by atoms with Crippen LogP contribution in [0.3, 0.4) is 0 Å². The maximum atomic E-state index is 15.1. The number of carbonyl (C=O) groups is 2. The molecule has 4 aliphatic rings. The average Bonchev–Trinajstić information content (AvgIpc) is 2.88. The third-order valence-electron chi connectivity index (χ3n) is 8.86. The van der Waals surface area contributed by atoms with Crippen molar-refractivity contribution in [3.8, 4) is 0 Å². The van der Waals surface area contributed by atoms with E-state index in [1.165, 1.54) is 0 Å². The molecule has 0 aromatic carbocycles. The lowest BCUT2D eigenvalue weighted by atomic mass is 9.46. The summed E-state index contributed by atoms with van der Waals surface area (Å²) in [4.78, 5) is 24.4. The van der Waals surface area contributed by atoms with Gasteiger partial charge in [0.25, 0.3) is 0 Å². The Balaban J connectivity index is 1.82. The van der Waals surface area contributed by atoms with Crippen LogP contribution in [0.15, 0.2) is 23.3 Å². The lowest BCUT2D eigenvalue weighted by Gasteiger charge is -2.59. The molecule has 29 heavy (non-hydrogen) atoms. The second-order valence-corrected chi connectivity index (χ2v) is 9.87. The van der Waals surface area contributed by atoms with E-state index in [2.05, 4.69) is 0 Å². The first kappa shape index (κ1) is 20.8. The first-order chi connectivity index (χ1) is 13.4. The van der Waals surface area contributed by atoms with E-state index >= 15 is 4.39 Å². The number of carbonyl (C=O) groups excluding carboxylic acids is 2. The van der Waals surface area contributed by atoms with Gasteiger partial charge in [0.15, 0.2) is 5.78 Å². The molecule has 0 spiro atoms. The van der Waals surface area contributed by atoms with Gasteiger partial charge in [0.2, 0.25) is 11.6 Å². The maximum Gasteiger partial charge on any atom is 0.216 e. The summed E-state index contributed by atoms with van der Waals surface area (Å²) in [5, 5.41) is 32.0. The lowest BCUT2D eigenvalue weighted by molar-refractivity contribution is -0.185. The SMILES string of the molecule is C[C@H]1C[C@H]2[C@@H]3CCC4=CC(=O)C(F)=C(F)[C@]4(C)[C@H]3C(O)C[C@]2(C)[C@@]1(O)C(=O)CO. The topological polar surface area (TPSA) is 94.8 Å². The van der Waals surface area contributed by atoms with Crippen molar-refractivity contribution >= 4 is 11.6 Å². The number of rotatable bonds is 2. The van der Waals surface area contributed by atoms with Crippen molar-refractivity contribution in [2.45, 2.75) is 58.2 Å². The fraction of sp³-hybridized carbons (Fsp3) is 0.727. The van der Waals surface area contributed by atoms with Crippen molar-refractivity contribution in [1.82, 2.24) is 0 Å². The molecule has 0 bridgehead atoms. The summed E-state index contributed by atoms with van der Waals surface area (Å²) in [7, 11) is 0. The Morgan fingerprint density at radius 3 is 2.59 bits per heavy atom. The largest absolute Gasteiger partial charge is 0.393 e. The highest BCUT2D eigenvalue weighted by molar-refractivity contribution is 6.04. The minimum absolute atomic E-state index is 0.0388. The molecule has 0 radical (unpaired) electrons. The number of hydrogen-bond acceptors (Lipinski definition) is 5. The van der Waals surface area contributed by atoms with Crippen LogP contribution in [0.25, 0.3) is 0 Å². The van der Waals surface area contributed by atoms with Gasteiger partial charge in [0.05, 0.1) is 6.10 Å². The molecule has 0 aliphatic heterocycles. The number of fused-ring (bicyclic) bond motifs is 5. The van der Waals surface area contributed by atoms with Gasteiger partial charge in [-0.3, -0.25) is 9.59 Å². The number of allylic oxidation sites excluding steroid dienone is 4. The molecular formula is C22H28F2O5. The van der Waals surface area contributed by atoms with Crippen molar-refractivity contribution in [1.29, 1.82) is 0 Å². The Labute approximate surface area is 168 Å². The minimum atomic E-state index is -1.78. The molecule has 7 heteroatoms. The summed E-state index contributed by atoms with van der Waals surface area (Å²) in [6.45, 7) is 4.28. The average molecular weight is 410 g/mol. The molecule has 8 atom stereocenters. The highest BCUT2D eigenvalue weighted by atomic mass is 19.2. The molecule has 5 nitrogen and oxygen atoms in total. The minimum Gasteiger partial charge on any atom is -0.393 e. The second-order valence-electron chi connectivity index (χ2n) is 9.87. The van der Waals surface area contributed by atoms with Crippen molar-refractivity contribution in [2.24, 2.45) is 34.5 Å². The number of aliphatic hydroxyl groups is 3. The molecule has 3 saturated carbocycles. The Kier molecular flexibility index (Phi) is 4.51. The van der Waals surface area contributed by atoms with Gasteiger partial charge in [-0.25, -0.2) is 4.39 Å². The fourth-order valence-electron chi connectivity index (χ4n) is 7.48. The number of aliphatic hydroxyl groups excluding tert-OH is 2. The van der Waals surface area contributed by atoms with Gasteiger partial charge in [0.1, 0.15) is 18.0 Å². The first-order valence-corrected chi connectivity index (χ1v) is 10.3. The normalized spacial score (nSPS) is 49.3. The van der Waals surface area contributed by atoms with Crippen molar-refractivity contribution < 1.29 is 33.7 Å². The van der Waals surface area contributed by atoms with E-state index in [0.29, 0.717) is 24.8 Å². The third-order valence-corrected chi connectivity index (χ3v) is 8.86. The molecule has 0 amide bonds. The number of Topliss-reactive ketones (excluding diaryl/α,β-unsaturated/α-hetero) is 1. The molecule has 0 aromatic rings. The zero-order valence-electron chi connectivity index (χ0n) is 16.9. The molecule has 160 valence electrons. The molecule has 0 aromatic heterocycles. The van der Waals surface area contributed by atoms with Crippen LogP contribution in [0, 0.1) is 34.5 Å². The van der Waals surface area contributed by atoms with E-state index in [1.807, 2.05) is 0 Å². The molecule has 4 aliphatic carbocycles. The van der Waals surface area contributed by atoms with Crippen LogP contribution in [0.2, 0.25) is 0 Å². The molecule has 3 N–H and O–H groups in total. The Hall–Kier alpha value is -1.44. The molecule has 0 saturated heterocycles. The van der Waals surface area contributed by atoms with Gasteiger partial charge in [-0.15, -0.1) is 0 Å². The van der Waals surface area contributed by atoms with Crippen LogP contribution >= 0.6 is 0 Å². The maximum absolute atomic E-state index is 15.1. The zero-order valence-corrected chi connectivity index (χ0v) is 16.9. The van der Waals surface area contributed by atoms with Crippen LogP contribution in [0.1, 0.15) is 46.5 Å². The summed E-state index contributed by atoms with van der Waals surface area (Å²) in [5.41, 5.74) is -3.67. The zero-order chi connectivity index (χ0) is 21.5. The molecule has 0 heterocycles. The summed E-state index contributed by atoms with van der Waals surface area (Å²) < 4.78 is 29.4. The summed E-state index contributed by atoms with van der Waals surface area (Å²) in [6, 6.07) is 0. The van der Waals surface area contributed by atoms with E-state index < -0.39 is 64.2 Å². The van der Waals surface area contributed by atoms with Crippen molar-refractivity contribution in [3.05, 3.63) is 23.3 Å². The van der Waals surface area contributed by atoms with Crippen molar-refractivity contribution in [2.75, 3.05) is 6.61 Å². The van der Waals surface area contributed by atoms with Gasteiger partial charge in [-0.05, 0) is 56.4 Å². The quantitative estimate of drug-likeness (QED) is 0.650. The molecule has 3 fully saturated rings. The van der Waals surface area contributed by atoms with E-state index in [9.17, 15) is 29.3 Å². The molecule has 1 unspecified atom stereocenters. The number of halogens is 2.